The van der Waals surface area contributed by atoms with E-state index in [2.05, 4.69) is 0 Å². The number of ether oxygens (including phenoxy) is 3. The highest BCUT2D eigenvalue weighted by Gasteiger charge is 2.12. The van der Waals surface area contributed by atoms with Crippen LogP contribution in [-0.4, -0.2) is 30.5 Å². The third kappa shape index (κ3) is 7.20. The van der Waals surface area contributed by atoms with Crippen molar-refractivity contribution < 1.29 is 23.8 Å². The van der Waals surface area contributed by atoms with Crippen molar-refractivity contribution in [2.75, 3.05) is 13.7 Å². The standard InChI is InChI=1S/C14H15Cl3O5/c1-20-11-7-9(15)5-6-10(11)22-14(19)4-2-3-13(18)21-8-12(16)17/h5-7,12H,2-4,8H2,1H3. The topological polar surface area (TPSA) is 61.8 Å². The van der Waals surface area contributed by atoms with E-state index >= 15 is 0 Å². The highest BCUT2D eigenvalue weighted by molar-refractivity contribution is 6.44. The Morgan fingerprint density at radius 1 is 1.14 bits per heavy atom. The average Bonchev–Trinajstić information content (AvgIpc) is 2.47. The summed E-state index contributed by atoms with van der Waals surface area (Å²) >= 11 is 16.7. The fourth-order valence-electron chi connectivity index (χ4n) is 1.50. The minimum atomic E-state index is -0.758. The summed E-state index contributed by atoms with van der Waals surface area (Å²) in [4.78, 5) is 22.2. The number of carbonyl (C=O) groups is 2. The molecule has 0 saturated heterocycles. The van der Waals surface area contributed by atoms with Crippen molar-refractivity contribution in [1.29, 1.82) is 0 Å². The maximum absolute atomic E-state index is 11.7. The van der Waals surface area contributed by atoms with Gasteiger partial charge < -0.3 is 14.2 Å². The zero-order valence-electron chi connectivity index (χ0n) is 11.8. The lowest BCUT2D eigenvalue weighted by atomic mass is 10.2. The van der Waals surface area contributed by atoms with Crippen LogP contribution in [0.1, 0.15) is 19.3 Å². The summed E-state index contributed by atoms with van der Waals surface area (Å²) in [5, 5.41) is 0.469. The van der Waals surface area contributed by atoms with E-state index in [9.17, 15) is 9.59 Å². The quantitative estimate of drug-likeness (QED) is 0.396. The van der Waals surface area contributed by atoms with E-state index in [1.54, 1.807) is 6.07 Å². The lowest BCUT2D eigenvalue weighted by molar-refractivity contribution is -0.143. The Morgan fingerprint density at radius 3 is 2.45 bits per heavy atom. The van der Waals surface area contributed by atoms with Crippen LogP contribution in [0, 0.1) is 0 Å². The van der Waals surface area contributed by atoms with Crippen LogP contribution in [-0.2, 0) is 14.3 Å². The molecular formula is C14H15Cl3O5. The lowest BCUT2D eigenvalue weighted by Gasteiger charge is -2.09. The number of methoxy groups -OCH3 is 1. The molecule has 0 heterocycles. The number of halogens is 3. The predicted octanol–water partition coefficient (Wildman–Crippen LogP) is 3.77. The van der Waals surface area contributed by atoms with Crippen molar-refractivity contribution in [3.05, 3.63) is 23.2 Å². The Kier molecular flexibility index (Phi) is 8.38. The molecule has 0 radical (unpaired) electrons. The van der Waals surface area contributed by atoms with Gasteiger partial charge in [-0.05, 0) is 18.6 Å². The molecule has 0 atom stereocenters. The molecule has 0 unspecified atom stereocenters. The zero-order valence-corrected chi connectivity index (χ0v) is 14.1. The van der Waals surface area contributed by atoms with Gasteiger partial charge in [0.25, 0.3) is 0 Å². The molecule has 22 heavy (non-hydrogen) atoms. The van der Waals surface area contributed by atoms with E-state index in [1.165, 1.54) is 19.2 Å². The lowest BCUT2D eigenvalue weighted by Crippen LogP contribution is -2.12. The SMILES string of the molecule is COc1cc(Cl)ccc1OC(=O)CCCC(=O)OCC(Cl)Cl. The van der Waals surface area contributed by atoms with E-state index in [0.29, 0.717) is 17.2 Å². The molecule has 1 aromatic carbocycles. The van der Waals surface area contributed by atoms with Gasteiger partial charge in [-0.1, -0.05) is 11.6 Å². The Balaban J connectivity index is 2.36. The summed E-state index contributed by atoms with van der Waals surface area (Å²) in [6.07, 6.45) is 0.433. The first-order chi connectivity index (χ1) is 10.4. The fraction of sp³-hybridized carbons (Fsp3) is 0.429. The fourth-order valence-corrected chi connectivity index (χ4v) is 1.79. The summed E-state index contributed by atoms with van der Waals surface area (Å²) in [5.74, 6) is -0.328. The highest BCUT2D eigenvalue weighted by atomic mass is 35.5. The zero-order chi connectivity index (χ0) is 16.5. The molecule has 0 aliphatic carbocycles. The predicted molar refractivity (Wildman–Crippen MR) is 83.9 cm³/mol. The van der Waals surface area contributed by atoms with E-state index in [0.717, 1.165) is 0 Å². The first-order valence-corrected chi connectivity index (χ1v) is 7.65. The third-order valence-corrected chi connectivity index (χ3v) is 2.97. The molecule has 8 heteroatoms. The van der Waals surface area contributed by atoms with Crippen LogP contribution in [0.3, 0.4) is 0 Å². The largest absolute Gasteiger partial charge is 0.493 e. The maximum Gasteiger partial charge on any atom is 0.311 e. The van der Waals surface area contributed by atoms with Crippen LogP contribution in [0.15, 0.2) is 18.2 Å². The summed E-state index contributed by atoms with van der Waals surface area (Å²) in [7, 11) is 1.44. The van der Waals surface area contributed by atoms with Gasteiger partial charge in [-0.15, -0.1) is 23.2 Å². The van der Waals surface area contributed by atoms with E-state index in [1.807, 2.05) is 0 Å². The van der Waals surface area contributed by atoms with Gasteiger partial charge in [-0.25, -0.2) is 0 Å². The molecule has 0 fully saturated rings. The van der Waals surface area contributed by atoms with Gasteiger partial charge >= 0.3 is 11.9 Å². The van der Waals surface area contributed by atoms with Crippen LogP contribution in [0.2, 0.25) is 5.02 Å². The molecule has 1 rings (SSSR count). The van der Waals surface area contributed by atoms with Crippen LogP contribution in [0.25, 0.3) is 0 Å². The molecular weight excluding hydrogens is 355 g/mol. The first-order valence-electron chi connectivity index (χ1n) is 6.40. The number of hydrogen-bond donors (Lipinski definition) is 0. The highest BCUT2D eigenvalue weighted by Crippen LogP contribution is 2.30. The minimum Gasteiger partial charge on any atom is -0.493 e. The Bertz CT molecular complexity index is 519. The van der Waals surface area contributed by atoms with Crippen LogP contribution in [0.4, 0.5) is 0 Å². The van der Waals surface area contributed by atoms with Crippen molar-refractivity contribution in [1.82, 2.24) is 0 Å². The van der Waals surface area contributed by atoms with E-state index in [4.69, 9.17) is 49.0 Å². The molecule has 5 nitrogen and oxygen atoms in total. The van der Waals surface area contributed by atoms with Crippen LogP contribution in [0.5, 0.6) is 11.5 Å². The van der Waals surface area contributed by atoms with Crippen LogP contribution < -0.4 is 9.47 Å². The number of rotatable bonds is 8. The molecule has 0 spiro atoms. The molecule has 0 aromatic heterocycles. The van der Waals surface area contributed by atoms with Crippen molar-refractivity contribution in [2.24, 2.45) is 0 Å². The van der Waals surface area contributed by atoms with Crippen molar-refractivity contribution in [2.45, 2.75) is 24.1 Å². The Morgan fingerprint density at radius 2 is 1.82 bits per heavy atom. The van der Waals surface area contributed by atoms with Gasteiger partial charge in [0, 0.05) is 23.9 Å². The van der Waals surface area contributed by atoms with Gasteiger partial charge in [-0.3, -0.25) is 9.59 Å². The van der Waals surface area contributed by atoms with Gasteiger partial charge in [0.1, 0.15) is 11.4 Å². The molecule has 0 bridgehead atoms. The van der Waals surface area contributed by atoms with Gasteiger partial charge in [0.15, 0.2) is 11.5 Å². The Labute approximate surface area is 143 Å². The second-order valence-corrected chi connectivity index (χ2v) is 5.91. The summed E-state index contributed by atoms with van der Waals surface area (Å²) in [6.45, 7) is -0.0750. The van der Waals surface area contributed by atoms with Gasteiger partial charge in [0.05, 0.1) is 7.11 Å². The normalized spacial score (nSPS) is 10.4. The number of benzene rings is 1. The minimum absolute atomic E-state index is 0.0616. The summed E-state index contributed by atoms with van der Waals surface area (Å²) in [6, 6.07) is 4.66. The van der Waals surface area contributed by atoms with E-state index < -0.39 is 16.8 Å². The Hall–Kier alpha value is -1.17. The summed E-state index contributed by atoms with van der Waals surface area (Å²) in [5.41, 5.74) is 0. The molecule has 0 aliphatic rings. The third-order valence-electron chi connectivity index (χ3n) is 2.48. The number of carbonyl (C=O) groups excluding carboxylic acids is 2. The van der Waals surface area contributed by atoms with Crippen LogP contribution >= 0.6 is 34.8 Å². The molecule has 0 N–H and O–H groups in total. The smallest absolute Gasteiger partial charge is 0.311 e. The number of alkyl halides is 2. The first kappa shape index (κ1) is 18.9. The maximum atomic E-state index is 11.7. The second kappa shape index (κ2) is 9.77. The number of esters is 2. The second-order valence-electron chi connectivity index (χ2n) is 4.20. The van der Waals surface area contributed by atoms with Crippen molar-refractivity contribution in [3.8, 4) is 11.5 Å². The van der Waals surface area contributed by atoms with Crippen molar-refractivity contribution >= 4 is 46.7 Å². The molecule has 0 saturated carbocycles. The number of hydrogen-bond acceptors (Lipinski definition) is 5. The summed E-state index contributed by atoms with van der Waals surface area (Å²) < 4.78 is 15.0. The molecule has 122 valence electrons. The van der Waals surface area contributed by atoms with Gasteiger partial charge in [-0.2, -0.15) is 0 Å². The van der Waals surface area contributed by atoms with Gasteiger partial charge in [0.2, 0.25) is 0 Å². The molecule has 1 aromatic rings. The molecule has 0 aliphatic heterocycles. The van der Waals surface area contributed by atoms with Crippen molar-refractivity contribution in [3.63, 3.8) is 0 Å². The monoisotopic (exact) mass is 368 g/mol. The molecule has 0 amide bonds. The van der Waals surface area contributed by atoms with E-state index in [-0.39, 0.29) is 25.2 Å². The average molecular weight is 370 g/mol.